The van der Waals surface area contributed by atoms with Crippen LogP contribution in [0.25, 0.3) is 0 Å². The lowest BCUT2D eigenvalue weighted by Crippen LogP contribution is -2.57. The summed E-state index contributed by atoms with van der Waals surface area (Å²) in [6.45, 7) is 0.985. The topological polar surface area (TPSA) is 130 Å². The molecular weight excluding hydrogens is 666 g/mol. The Labute approximate surface area is 276 Å². The van der Waals surface area contributed by atoms with E-state index in [1.54, 1.807) is 4.31 Å². The fourth-order valence-electron chi connectivity index (χ4n) is 7.05. The highest BCUT2D eigenvalue weighted by atomic mass is 35.5. The molecule has 1 unspecified atom stereocenters. The third kappa shape index (κ3) is 8.35. The molecule has 2 aliphatic heterocycles. The van der Waals surface area contributed by atoms with E-state index < -0.39 is 51.5 Å². The van der Waals surface area contributed by atoms with E-state index in [1.165, 1.54) is 12.1 Å². The average Bonchev–Trinajstić information content (AvgIpc) is 3.43. The number of carbonyl (C=O) groups excluding carboxylic acids is 2. The van der Waals surface area contributed by atoms with E-state index in [0.717, 1.165) is 44.7 Å². The fourth-order valence-corrected chi connectivity index (χ4v) is 8.97. The van der Waals surface area contributed by atoms with Crippen LogP contribution in [-0.4, -0.2) is 79.8 Å². The summed E-state index contributed by atoms with van der Waals surface area (Å²) >= 11 is 5.89. The zero-order valence-corrected chi connectivity index (χ0v) is 27.3. The van der Waals surface area contributed by atoms with Crippen molar-refractivity contribution in [3.63, 3.8) is 0 Å². The molecule has 3 N–H and O–H groups in total. The number of pyridine rings is 1. The molecule has 5 rings (SSSR count). The minimum Gasteiger partial charge on any atom is -0.453 e. The molecule has 2 amide bonds. The predicted molar refractivity (Wildman–Crippen MR) is 166 cm³/mol. The summed E-state index contributed by atoms with van der Waals surface area (Å²) in [7, 11) is -2.29. The van der Waals surface area contributed by atoms with Crippen molar-refractivity contribution in [3.05, 3.63) is 64.2 Å². The number of hydrogen-bond acceptors (Lipinski definition) is 7. The SMILES string of the molecule is COC(=O)N[C@H](C(=O)N[C@H]1CCC[C@@H]1CC[C@H]1CN[C@@H]2CCCS(=O)(=O)N1C2)[C@H](c1cncc(C(F)(F)F)c1)c1ccc(Cl)c(F)c1. The lowest BCUT2D eigenvalue weighted by Gasteiger charge is -2.38. The molecule has 3 heterocycles. The van der Waals surface area contributed by atoms with Gasteiger partial charge in [0.05, 0.1) is 23.4 Å². The zero-order chi connectivity index (χ0) is 33.9. The fraction of sp³-hybridized carbons (Fsp3) is 0.581. The number of aromatic nitrogens is 1. The molecule has 3 aliphatic rings. The van der Waals surface area contributed by atoms with E-state index in [4.69, 9.17) is 16.3 Å². The molecule has 0 spiro atoms. The summed E-state index contributed by atoms with van der Waals surface area (Å²) in [4.78, 5) is 30.3. The van der Waals surface area contributed by atoms with Gasteiger partial charge >= 0.3 is 12.3 Å². The number of nitrogens with one attached hydrogen (secondary N) is 3. The monoisotopic (exact) mass is 703 g/mol. The number of sulfonamides is 1. The Hall–Kier alpha value is -3.01. The summed E-state index contributed by atoms with van der Waals surface area (Å²) in [6, 6.07) is 2.44. The molecule has 1 aliphatic carbocycles. The lowest BCUT2D eigenvalue weighted by atomic mass is 9.84. The highest BCUT2D eigenvalue weighted by Crippen LogP contribution is 2.36. The molecule has 2 saturated heterocycles. The minimum atomic E-state index is -4.76. The van der Waals surface area contributed by atoms with Crippen LogP contribution in [0.1, 0.15) is 67.6 Å². The smallest absolute Gasteiger partial charge is 0.417 e. The Kier molecular flexibility index (Phi) is 11.0. The van der Waals surface area contributed by atoms with Crippen LogP contribution in [0.2, 0.25) is 5.02 Å². The standard InChI is InChI=1S/C31H38ClF4N5O5S/c1-46-30(43)40-28(27(19-8-10-24(32)25(33)13-19)20-12-21(15-37-14-20)31(34,35)36)29(42)39-26-6-2-4-18(26)7-9-23-16-38-22-5-3-11-47(44,45)41(23)17-22/h8,10,12-15,18,22-23,26-28,38H,2-7,9,11,16-17H2,1H3,(H,39,42)(H,40,43)/t18-,22-,23+,26+,27+,28+/m1/s1. The maximum Gasteiger partial charge on any atom is 0.417 e. The second kappa shape index (κ2) is 14.6. The molecule has 1 saturated carbocycles. The molecule has 0 radical (unpaired) electrons. The average molecular weight is 704 g/mol. The van der Waals surface area contributed by atoms with E-state index >= 15 is 0 Å². The van der Waals surface area contributed by atoms with Crippen molar-refractivity contribution >= 4 is 33.6 Å². The van der Waals surface area contributed by atoms with Gasteiger partial charge in [-0.3, -0.25) is 9.78 Å². The number of amides is 2. The first-order valence-corrected chi connectivity index (χ1v) is 17.6. The van der Waals surface area contributed by atoms with Gasteiger partial charge in [0.1, 0.15) is 11.9 Å². The number of carbonyl (C=O) groups is 2. The largest absolute Gasteiger partial charge is 0.453 e. The van der Waals surface area contributed by atoms with E-state index in [2.05, 4.69) is 20.9 Å². The van der Waals surface area contributed by atoms with E-state index in [-0.39, 0.29) is 45.9 Å². The Morgan fingerprint density at radius 3 is 2.64 bits per heavy atom. The van der Waals surface area contributed by atoms with E-state index in [9.17, 15) is 35.6 Å². The lowest BCUT2D eigenvalue weighted by molar-refractivity contribution is -0.137. The molecule has 16 heteroatoms. The van der Waals surface area contributed by atoms with Gasteiger partial charge in [-0.05, 0) is 73.8 Å². The second-order valence-corrected chi connectivity index (χ2v) is 14.9. The summed E-state index contributed by atoms with van der Waals surface area (Å²) in [5.41, 5.74) is -1.10. The van der Waals surface area contributed by atoms with Gasteiger partial charge in [-0.25, -0.2) is 17.6 Å². The number of alkyl carbamates (subject to hydrolysis) is 1. The van der Waals surface area contributed by atoms with Gasteiger partial charge in [0.15, 0.2) is 0 Å². The third-order valence-corrected chi connectivity index (χ3v) is 11.7. The molecule has 10 nitrogen and oxygen atoms in total. The Balaban J connectivity index is 1.40. The van der Waals surface area contributed by atoms with Crippen LogP contribution in [0.15, 0.2) is 36.7 Å². The predicted octanol–water partition coefficient (Wildman–Crippen LogP) is 4.58. The summed E-state index contributed by atoms with van der Waals surface area (Å²) in [5.74, 6) is -2.77. The van der Waals surface area contributed by atoms with E-state index in [1.807, 2.05) is 0 Å². The van der Waals surface area contributed by atoms with Crippen molar-refractivity contribution in [2.24, 2.45) is 5.92 Å². The van der Waals surface area contributed by atoms with Crippen molar-refractivity contribution in [1.29, 1.82) is 0 Å². The molecule has 1 aromatic carbocycles. The molecule has 2 aromatic rings. The second-order valence-electron chi connectivity index (χ2n) is 12.4. The number of halogens is 5. The number of alkyl halides is 3. The maximum atomic E-state index is 14.7. The van der Waals surface area contributed by atoms with Crippen molar-refractivity contribution in [1.82, 2.24) is 25.2 Å². The van der Waals surface area contributed by atoms with Crippen LogP contribution in [-0.2, 0) is 25.7 Å². The highest BCUT2D eigenvalue weighted by Gasteiger charge is 2.41. The molecular formula is C31H38ClF4N5O5S. The molecule has 7 atom stereocenters. The quantitative estimate of drug-likeness (QED) is 0.326. The van der Waals surface area contributed by atoms with E-state index in [0.29, 0.717) is 45.0 Å². The van der Waals surface area contributed by atoms with Crippen LogP contribution in [0.5, 0.6) is 0 Å². The number of nitrogens with zero attached hydrogens (tertiary/aromatic N) is 2. The summed E-state index contributed by atoms with van der Waals surface area (Å²) in [6.07, 6.45) is 0.798. The number of benzene rings is 1. The van der Waals surface area contributed by atoms with Gasteiger partial charge in [0.2, 0.25) is 15.9 Å². The third-order valence-electron chi connectivity index (χ3n) is 9.44. The minimum absolute atomic E-state index is 0.00761. The normalized spacial score (nSPS) is 26.9. The van der Waals surface area contributed by atoms with Crippen molar-refractivity contribution in [2.75, 3.05) is 26.0 Å². The van der Waals surface area contributed by atoms with Crippen LogP contribution in [0.3, 0.4) is 0 Å². The molecule has 47 heavy (non-hydrogen) atoms. The van der Waals surface area contributed by atoms with Crippen LogP contribution >= 0.6 is 11.6 Å². The number of fused-ring (bicyclic) bond motifs is 2. The van der Waals surface area contributed by atoms with Crippen molar-refractivity contribution < 1.29 is 40.3 Å². The van der Waals surface area contributed by atoms with Crippen molar-refractivity contribution in [2.45, 2.75) is 81.2 Å². The molecule has 3 fully saturated rings. The van der Waals surface area contributed by atoms with Gasteiger partial charge in [-0.2, -0.15) is 17.5 Å². The van der Waals surface area contributed by atoms with Gasteiger partial charge in [-0.1, -0.05) is 24.1 Å². The summed E-state index contributed by atoms with van der Waals surface area (Å²) < 4.78 is 88.0. The van der Waals surface area contributed by atoms with Gasteiger partial charge in [0, 0.05) is 49.5 Å². The van der Waals surface area contributed by atoms with Gasteiger partial charge < -0.3 is 20.7 Å². The first-order valence-electron chi connectivity index (χ1n) is 15.6. The molecule has 258 valence electrons. The molecule has 1 aromatic heterocycles. The van der Waals surface area contributed by atoms with Crippen LogP contribution in [0, 0.1) is 11.7 Å². The first kappa shape index (κ1) is 35.3. The summed E-state index contributed by atoms with van der Waals surface area (Å²) in [5, 5.41) is 8.66. The van der Waals surface area contributed by atoms with Crippen molar-refractivity contribution in [3.8, 4) is 0 Å². The highest BCUT2D eigenvalue weighted by molar-refractivity contribution is 7.89. The number of rotatable bonds is 9. The Morgan fingerprint density at radius 2 is 1.91 bits per heavy atom. The molecule has 2 bridgehead atoms. The van der Waals surface area contributed by atoms with Crippen LogP contribution < -0.4 is 16.0 Å². The van der Waals surface area contributed by atoms with Gasteiger partial charge in [0.25, 0.3) is 0 Å². The zero-order valence-electron chi connectivity index (χ0n) is 25.7. The maximum absolute atomic E-state index is 14.7. The van der Waals surface area contributed by atoms with Gasteiger partial charge in [-0.15, -0.1) is 0 Å². The number of ether oxygens (including phenoxy) is 1. The Morgan fingerprint density at radius 1 is 1.13 bits per heavy atom. The number of piperazine rings is 1. The number of methoxy groups -OCH3 is 1. The Bertz CT molecular complexity index is 1560. The number of hydrogen-bond donors (Lipinski definition) is 3. The van der Waals surface area contributed by atoms with Crippen LogP contribution in [0.4, 0.5) is 22.4 Å². The first-order chi connectivity index (χ1) is 22.3.